The number of thiocarbonyl (C=S) groups is 1. The lowest BCUT2D eigenvalue weighted by Gasteiger charge is -2.16. The summed E-state index contributed by atoms with van der Waals surface area (Å²) in [7, 11) is 0. The van der Waals surface area contributed by atoms with Crippen molar-refractivity contribution in [3.8, 4) is 11.5 Å². The number of para-hydroxylation sites is 1. The van der Waals surface area contributed by atoms with Crippen LogP contribution >= 0.6 is 23.8 Å². The van der Waals surface area contributed by atoms with Gasteiger partial charge in [-0.15, -0.1) is 0 Å². The molecule has 0 heterocycles. The van der Waals surface area contributed by atoms with E-state index in [1.807, 2.05) is 6.92 Å². The van der Waals surface area contributed by atoms with Crippen LogP contribution in [-0.4, -0.2) is 29.6 Å². The maximum Gasteiger partial charge on any atom is 0.265 e. The Morgan fingerprint density at radius 2 is 1.57 bits per heavy atom. The highest BCUT2D eigenvalue weighted by atomic mass is 35.5. The monoisotopic (exact) mass is 511 g/mol. The molecule has 0 saturated heterocycles. The predicted octanol–water partition coefficient (Wildman–Crippen LogP) is 5.66. The van der Waals surface area contributed by atoms with Crippen LogP contribution in [0.1, 0.15) is 30.6 Å². The molecule has 0 aliphatic rings. The molecule has 0 spiro atoms. The Morgan fingerprint density at radius 3 is 2.20 bits per heavy atom. The van der Waals surface area contributed by atoms with Gasteiger partial charge in [-0.3, -0.25) is 14.9 Å². The normalized spacial score (nSPS) is 11.2. The number of benzene rings is 3. The van der Waals surface area contributed by atoms with E-state index in [4.69, 9.17) is 33.3 Å². The first-order valence-electron chi connectivity index (χ1n) is 11.0. The zero-order chi connectivity index (χ0) is 25.2. The zero-order valence-electron chi connectivity index (χ0n) is 19.3. The molecule has 0 bridgehead atoms. The minimum absolute atomic E-state index is 0.153. The standard InChI is InChI=1S/C26H26ClN3O4S/c1-3-16-33-21-14-8-18(9-15-21)25(32)30-26(35)29-20-12-10-19(11-13-20)28-24(31)17(2)34-23-7-5-4-6-22(23)27/h4-15,17H,3,16H2,1-2H3,(H,28,31)(H2,29,30,32,35). The van der Waals surface area contributed by atoms with Crippen molar-refractivity contribution in [1.82, 2.24) is 5.32 Å². The molecule has 1 atom stereocenters. The molecule has 0 saturated carbocycles. The van der Waals surface area contributed by atoms with Crippen molar-refractivity contribution < 1.29 is 19.1 Å². The van der Waals surface area contributed by atoms with Crippen molar-refractivity contribution in [2.24, 2.45) is 0 Å². The SMILES string of the molecule is CCCOc1ccc(C(=O)NC(=S)Nc2ccc(NC(=O)C(C)Oc3ccccc3Cl)cc2)cc1. The van der Waals surface area contributed by atoms with Gasteiger partial charge in [-0.25, -0.2) is 0 Å². The van der Waals surface area contributed by atoms with Crippen LogP contribution in [0.5, 0.6) is 11.5 Å². The summed E-state index contributed by atoms with van der Waals surface area (Å²) in [6.45, 7) is 4.29. The molecule has 35 heavy (non-hydrogen) atoms. The van der Waals surface area contributed by atoms with Crippen molar-refractivity contribution in [2.75, 3.05) is 17.2 Å². The van der Waals surface area contributed by atoms with E-state index < -0.39 is 6.10 Å². The number of rotatable bonds is 9. The molecular formula is C26H26ClN3O4S. The van der Waals surface area contributed by atoms with Gasteiger partial charge < -0.3 is 20.1 Å². The van der Waals surface area contributed by atoms with Gasteiger partial charge in [-0.1, -0.05) is 30.7 Å². The van der Waals surface area contributed by atoms with Crippen LogP contribution < -0.4 is 25.4 Å². The quantitative estimate of drug-likeness (QED) is 0.321. The molecule has 2 amide bonds. The second kappa shape index (κ2) is 12.7. The number of halogens is 1. The molecule has 0 fully saturated rings. The molecule has 3 aromatic rings. The summed E-state index contributed by atoms with van der Waals surface area (Å²) in [5.41, 5.74) is 1.69. The number of hydrogen-bond acceptors (Lipinski definition) is 5. The molecule has 0 aliphatic heterocycles. The Kier molecular flexibility index (Phi) is 9.46. The van der Waals surface area contributed by atoms with Crippen molar-refractivity contribution in [1.29, 1.82) is 0 Å². The molecule has 0 radical (unpaired) electrons. The van der Waals surface area contributed by atoms with Gasteiger partial charge in [0, 0.05) is 16.9 Å². The van der Waals surface area contributed by atoms with Gasteiger partial charge in [0.2, 0.25) is 0 Å². The molecule has 9 heteroatoms. The zero-order valence-corrected chi connectivity index (χ0v) is 20.9. The summed E-state index contributed by atoms with van der Waals surface area (Å²) in [5, 5.41) is 8.96. The van der Waals surface area contributed by atoms with E-state index in [9.17, 15) is 9.59 Å². The molecule has 182 valence electrons. The highest BCUT2D eigenvalue weighted by molar-refractivity contribution is 7.80. The summed E-state index contributed by atoms with van der Waals surface area (Å²) in [6, 6.07) is 20.7. The summed E-state index contributed by atoms with van der Waals surface area (Å²) < 4.78 is 11.2. The molecule has 3 aromatic carbocycles. The number of hydrogen-bond donors (Lipinski definition) is 3. The highest BCUT2D eigenvalue weighted by Crippen LogP contribution is 2.24. The molecule has 7 nitrogen and oxygen atoms in total. The van der Waals surface area contributed by atoms with Gasteiger partial charge >= 0.3 is 0 Å². The van der Waals surface area contributed by atoms with Crippen molar-refractivity contribution in [3.05, 3.63) is 83.4 Å². The average molecular weight is 512 g/mol. The average Bonchev–Trinajstić information content (AvgIpc) is 2.85. The first-order valence-corrected chi connectivity index (χ1v) is 11.8. The third-order valence-corrected chi connectivity index (χ3v) is 5.25. The second-order valence-corrected chi connectivity index (χ2v) is 8.35. The largest absolute Gasteiger partial charge is 0.494 e. The number of amides is 2. The van der Waals surface area contributed by atoms with E-state index in [1.54, 1.807) is 79.7 Å². The Balaban J connectivity index is 1.48. The van der Waals surface area contributed by atoms with Crippen molar-refractivity contribution in [3.63, 3.8) is 0 Å². The number of carbonyl (C=O) groups is 2. The lowest BCUT2D eigenvalue weighted by Crippen LogP contribution is -2.34. The number of nitrogens with one attached hydrogen (secondary N) is 3. The summed E-state index contributed by atoms with van der Waals surface area (Å²) in [6.07, 6.45) is 0.162. The van der Waals surface area contributed by atoms with E-state index in [1.165, 1.54) is 0 Å². The van der Waals surface area contributed by atoms with Crippen LogP contribution in [0.4, 0.5) is 11.4 Å². The van der Waals surface area contributed by atoms with Crippen LogP contribution in [0, 0.1) is 0 Å². The molecule has 3 N–H and O–H groups in total. The number of carbonyl (C=O) groups excluding carboxylic acids is 2. The van der Waals surface area contributed by atoms with Crippen molar-refractivity contribution >= 4 is 52.1 Å². The summed E-state index contributed by atoms with van der Waals surface area (Å²) in [4.78, 5) is 24.9. The van der Waals surface area contributed by atoms with Crippen LogP contribution in [0.15, 0.2) is 72.8 Å². The Bertz CT molecular complexity index is 1170. The van der Waals surface area contributed by atoms with E-state index in [0.29, 0.717) is 40.1 Å². The Hall–Kier alpha value is -3.62. The van der Waals surface area contributed by atoms with E-state index >= 15 is 0 Å². The molecular weight excluding hydrogens is 486 g/mol. The highest BCUT2D eigenvalue weighted by Gasteiger charge is 2.16. The Morgan fingerprint density at radius 1 is 0.943 bits per heavy atom. The second-order valence-electron chi connectivity index (χ2n) is 7.54. The maximum absolute atomic E-state index is 12.4. The maximum atomic E-state index is 12.4. The summed E-state index contributed by atoms with van der Waals surface area (Å²) in [5.74, 6) is 0.495. The molecule has 3 rings (SSSR count). The minimum Gasteiger partial charge on any atom is -0.494 e. The van der Waals surface area contributed by atoms with Gasteiger partial charge in [-0.05, 0) is 86.2 Å². The van der Waals surface area contributed by atoms with Crippen molar-refractivity contribution in [2.45, 2.75) is 26.4 Å². The first kappa shape index (κ1) is 26.0. The topological polar surface area (TPSA) is 88.7 Å². The first-order chi connectivity index (χ1) is 16.9. The van der Waals surface area contributed by atoms with Crippen LogP contribution in [0.3, 0.4) is 0 Å². The third kappa shape index (κ3) is 7.98. The molecule has 1 unspecified atom stereocenters. The van der Waals surface area contributed by atoms with Crippen LogP contribution in [-0.2, 0) is 4.79 Å². The smallest absolute Gasteiger partial charge is 0.265 e. The fourth-order valence-electron chi connectivity index (χ4n) is 2.93. The number of anilines is 2. The molecule has 0 aliphatic carbocycles. The fourth-order valence-corrected chi connectivity index (χ4v) is 3.32. The predicted molar refractivity (Wildman–Crippen MR) is 143 cm³/mol. The van der Waals surface area contributed by atoms with Gasteiger partial charge in [0.25, 0.3) is 11.8 Å². The minimum atomic E-state index is -0.747. The third-order valence-electron chi connectivity index (χ3n) is 4.74. The van der Waals surface area contributed by atoms with E-state index in [-0.39, 0.29) is 16.9 Å². The van der Waals surface area contributed by atoms with Crippen LogP contribution in [0.2, 0.25) is 5.02 Å². The van der Waals surface area contributed by atoms with Gasteiger partial charge in [-0.2, -0.15) is 0 Å². The summed E-state index contributed by atoms with van der Waals surface area (Å²) >= 11 is 11.3. The number of ether oxygens (including phenoxy) is 2. The van der Waals surface area contributed by atoms with Crippen LogP contribution in [0.25, 0.3) is 0 Å². The fraction of sp³-hybridized carbons (Fsp3) is 0.192. The van der Waals surface area contributed by atoms with E-state index in [0.717, 1.165) is 6.42 Å². The van der Waals surface area contributed by atoms with E-state index in [2.05, 4.69) is 16.0 Å². The van der Waals surface area contributed by atoms with Gasteiger partial charge in [0.05, 0.1) is 11.6 Å². The Labute approximate surface area is 214 Å². The lowest BCUT2D eigenvalue weighted by molar-refractivity contribution is -0.122. The lowest BCUT2D eigenvalue weighted by atomic mass is 10.2. The molecule has 0 aromatic heterocycles. The van der Waals surface area contributed by atoms with Gasteiger partial charge in [0.1, 0.15) is 11.5 Å². The van der Waals surface area contributed by atoms with Gasteiger partial charge in [0.15, 0.2) is 11.2 Å².